The first-order chi connectivity index (χ1) is 16.1. The number of rotatable bonds is 8. The van der Waals surface area contributed by atoms with E-state index in [1.54, 1.807) is 18.2 Å². The molecule has 1 unspecified atom stereocenters. The molecule has 7 heteroatoms. The molecular formula is C27H30FN3O3. The standard InChI is InChI=1S/C27H30FN3O3/c1-16-12-19-8-9-21(28)13-22(19)30-25(16)31-24(20-14-27(2,3)15-20)17-4-6-18(7-5-17)26(34)29-11-10-23(32)33/h4-9,12-13,20,24H,10-11,14-15H2,1-3H3,(H,29,34)(H,30,31)(H,32,33). The van der Waals surface area contributed by atoms with E-state index in [-0.39, 0.29) is 36.1 Å². The molecule has 1 aliphatic carbocycles. The molecule has 0 radical (unpaired) electrons. The van der Waals surface area contributed by atoms with Gasteiger partial charge in [0, 0.05) is 23.6 Å². The van der Waals surface area contributed by atoms with E-state index in [1.807, 2.05) is 25.1 Å². The number of carboxylic acids is 1. The van der Waals surface area contributed by atoms with Crippen LogP contribution in [-0.4, -0.2) is 28.5 Å². The second kappa shape index (κ2) is 9.41. The van der Waals surface area contributed by atoms with Crippen molar-refractivity contribution in [2.24, 2.45) is 11.3 Å². The number of amides is 1. The van der Waals surface area contributed by atoms with Crippen LogP contribution in [0.2, 0.25) is 0 Å². The van der Waals surface area contributed by atoms with Crippen LogP contribution in [0.25, 0.3) is 10.9 Å². The lowest BCUT2D eigenvalue weighted by Crippen LogP contribution is -2.38. The van der Waals surface area contributed by atoms with Crippen LogP contribution in [0.3, 0.4) is 0 Å². The molecule has 1 aromatic heterocycles. The fourth-order valence-corrected chi connectivity index (χ4v) is 4.84. The molecular weight excluding hydrogens is 433 g/mol. The first kappa shape index (κ1) is 23.7. The van der Waals surface area contributed by atoms with E-state index >= 15 is 0 Å². The molecule has 1 aliphatic rings. The highest BCUT2D eigenvalue weighted by atomic mass is 19.1. The minimum atomic E-state index is -0.951. The largest absolute Gasteiger partial charge is 0.481 e. The van der Waals surface area contributed by atoms with E-state index < -0.39 is 5.97 Å². The summed E-state index contributed by atoms with van der Waals surface area (Å²) >= 11 is 0. The Morgan fingerprint density at radius 2 is 1.85 bits per heavy atom. The molecule has 3 N–H and O–H groups in total. The van der Waals surface area contributed by atoms with Crippen LogP contribution in [0.1, 0.15) is 60.6 Å². The number of halogens is 1. The van der Waals surface area contributed by atoms with E-state index in [4.69, 9.17) is 10.1 Å². The Morgan fingerprint density at radius 1 is 1.15 bits per heavy atom. The van der Waals surface area contributed by atoms with Crippen molar-refractivity contribution in [3.63, 3.8) is 0 Å². The predicted molar refractivity (Wildman–Crippen MR) is 130 cm³/mol. The summed E-state index contributed by atoms with van der Waals surface area (Å²) in [6.07, 6.45) is 2.00. The molecule has 1 saturated carbocycles. The topological polar surface area (TPSA) is 91.3 Å². The van der Waals surface area contributed by atoms with Crippen molar-refractivity contribution >= 4 is 28.6 Å². The number of carbonyl (C=O) groups excluding carboxylic acids is 1. The van der Waals surface area contributed by atoms with Crippen LogP contribution in [0.4, 0.5) is 10.2 Å². The Morgan fingerprint density at radius 3 is 2.50 bits per heavy atom. The molecule has 34 heavy (non-hydrogen) atoms. The van der Waals surface area contributed by atoms with E-state index in [0.717, 1.165) is 35.2 Å². The summed E-state index contributed by atoms with van der Waals surface area (Å²) in [5, 5.41) is 15.9. The molecule has 6 nitrogen and oxygen atoms in total. The Balaban J connectivity index is 1.57. The van der Waals surface area contributed by atoms with Crippen LogP contribution in [0.15, 0.2) is 48.5 Å². The first-order valence-corrected chi connectivity index (χ1v) is 11.5. The smallest absolute Gasteiger partial charge is 0.305 e. The van der Waals surface area contributed by atoms with Crippen LogP contribution in [0, 0.1) is 24.1 Å². The van der Waals surface area contributed by atoms with Crippen molar-refractivity contribution in [2.75, 3.05) is 11.9 Å². The Kier molecular flexibility index (Phi) is 6.55. The number of anilines is 1. The van der Waals surface area contributed by atoms with Gasteiger partial charge in [-0.15, -0.1) is 0 Å². The summed E-state index contributed by atoms with van der Waals surface area (Å²) in [6, 6.07) is 14.0. The minimum absolute atomic E-state index is 0.00523. The zero-order valence-electron chi connectivity index (χ0n) is 19.7. The van der Waals surface area contributed by atoms with Gasteiger partial charge in [-0.25, -0.2) is 9.37 Å². The maximum absolute atomic E-state index is 13.8. The van der Waals surface area contributed by atoms with Gasteiger partial charge in [0.25, 0.3) is 5.91 Å². The zero-order valence-corrected chi connectivity index (χ0v) is 19.7. The highest BCUT2D eigenvalue weighted by Gasteiger charge is 2.41. The van der Waals surface area contributed by atoms with Gasteiger partial charge >= 0.3 is 5.97 Å². The number of aryl methyl sites for hydroxylation is 1. The van der Waals surface area contributed by atoms with Crippen molar-refractivity contribution in [3.8, 4) is 0 Å². The van der Waals surface area contributed by atoms with Gasteiger partial charge in [0.15, 0.2) is 0 Å². The lowest BCUT2D eigenvalue weighted by Gasteiger charge is -2.47. The zero-order chi connectivity index (χ0) is 24.5. The highest BCUT2D eigenvalue weighted by molar-refractivity contribution is 5.94. The number of nitrogens with one attached hydrogen (secondary N) is 2. The predicted octanol–water partition coefficient (Wildman–Crippen LogP) is 5.48. The second-order valence-corrected chi connectivity index (χ2v) is 9.97. The van der Waals surface area contributed by atoms with Crippen molar-refractivity contribution in [3.05, 3.63) is 71.0 Å². The highest BCUT2D eigenvalue weighted by Crippen LogP contribution is 2.51. The third-order valence-corrected chi connectivity index (χ3v) is 6.52. The number of aliphatic carboxylic acids is 1. The number of hydrogen-bond donors (Lipinski definition) is 3. The average molecular weight is 464 g/mol. The number of aromatic nitrogens is 1. The van der Waals surface area contributed by atoms with Crippen molar-refractivity contribution < 1.29 is 19.1 Å². The van der Waals surface area contributed by atoms with E-state index in [0.29, 0.717) is 17.0 Å². The van der Waals surface area contributed by atoms with Gasteiger partial charge in [-0.3, -0.25) is 9.59 Å². The van der Waals surface area contributed by atoms with Gasteiger partial charge in [-0.2, -0.15) is 0 Å². The third kappa shape index (κ3) is 5.35. The Labute approximate surface area is 198 Å². The van der Waals surface area contributed by atoms with Crippen LogP contribution < -0.4 is 10.6 Å². The molecule has 1 heterocycles. The van der Waals surface area contributed by atoms with Gasteiger partial charge in [0.2, 0.25) is 0 Å². The molecule has 0 bridgehead atoms. The number of hydrogen-bond acceptors (Lipinski definition) is 4. The average Bonchev–Trinajstić information content (AvgIpc) is 2.76. The lowest BCUT2D eigenvalue weighted by molar-refractivity contribution is -0.136. The van der Waals surface area contributed by atoms with E-state index in [9.17, 15) is 14.0 Å². The maximum atomic E-state index is 13.8. The monoisotopic (exact) mass is 463 g/mol. The number of nitrogens with zero attached hydrogens (tertiary/aromatic N) is 1. The summed E-state index contributed by atoms with van der Waals surface area (Å²) in [7, 11) is 0. The number of carboxylic acid groups (broad SMARTS) is 1. The molecule has 2 aromatic carbocycles. The van der Waals surface area contributed by atoms with Crippen LogP contribution in [-0.2, 0) is 4.79 Å². The number of pyridine rings is 1. The van der Waals surface area contributed by atoms with Crippen molar-refractivity contribution in [2.45, 2.75) is 46.1 Å². The summed E-state index contributed by atoms with van der Waals surface area (Å²) in [4.78, 5) is 27.7. The summed E-state index contributed by atoms with van der Waals surface area (Å²) < 4.78 is 13.8. The maximum Gasteiger partial charge on any atom is 0.305 e. The molecule has 3 aromatic rings. The fourth-order valence-electron chi connectivity index (χ4n) is 4.84. The molecule has 4 rings (SSSR count). The van der Waals surface area contributed by atoms with Crippen LogP contribution in [0.5, 0.6) is 0 Å². The third-order valence-electron chi connectivity index (χ3n) is 6.52. The minimum Gasteiger partial charge on any atom is -0.481 e. The van der Waals surface area contributed by atoms with Gasteiger partial charge in [0.1, 0.15) is 11.6 Å². The van der Waals surface area contributed by atoms with Gasteiger partial charge in [-0.05, 0) is 72.6 Å². The summed E-state index contributed by atoms with van der Waals surface area (Å²) in [5.74, 6) is -0.438. The molecule has 0 aliphatic heterocycles. The molecule has 1 fully saturated rings. The fraction of sp³-hybridized carbons (Fsp3) is 0.370. The molecule has 0 spiro atoms. The second-order valence-electron chi connectivity index (χ2n) is 9.97. The summed E-state index contributed by atoms with van der Waals surface area (Å²) in [5.41, 5.74) is 3.40. The van der Waals surface area contributed by atoms with Gasteiger partial charge in [-0.1, -0.05) is 26.0 Å². The Hall–Kier alpha value is -3.48. The summed E-state index contributed by atoms with van der Waals surface area (Å²) in [6.45, 7) is 6.59. The normalized spacial score (nSPS) is 16.0. The number of benzene rings is 2. The van der Waals surface area contributed by atoms with E-state index in [2.05, 4.69) is 24.5 Å². The number of carbonyl (C=O) groups is 2. The van der Waals surface area contributed by atoms with Crippen molar-refractivity contribution in [1.82, 2.24) is 10.3 Å². The first-order valence-electron chi connectivity index (χ1n) is 11.5. The molecule has 1 atom stereocenters. The quantitative estimate of drug-likeness (QED) is 0.412. The van der Waals surface area contributed by atoms with Crippen LogP contribution >= 0.6 is 0 Å². The molecule has 1 amide bonds. The van der Waals surface area contributed by atoms with E-state index in [1.165, 1.54) is 12.1 Å². The van der Waals surface area contributed by atoms with Gasteiger partial charge in [0.05, 0.1) is 18.0 Å². The molecule has 0 saturated heterocycles. The number of fused-ring (bicyclic) bond motifs is 1. The lowest BCUT2D eigenvalue weighted by atomic mass is 9.61. The van der Waals surface area contributed by atoms with Gasteiger partial charge < -0.3 is 15.7 Å². The SMILES string of the molecule is Cc1cc2ccc(F)cc2nc1NC(c1ccc(C(=O)NCCC(=O)O)cc1)C1CC(C)(C)C1. The van der Waals surface area contributed by atoms with Crippen molar-refractivity contribution in [1.29, 1.82) is 0 Å². The molecule has 178 valence electrons. The Bertz CT molecular complexity index is 1220.